The number of urea groups is 1. The largest absolute Gasteiger partial charge is 0.454 e. The first-order valence-corrected chi connectivity index (χ1v) is 11.3. The molecule has 0 spiro atoms. The third kappa shape index (κ3) is 4.18. The van der Waals surface area contributed by atoms with Crippen molar-refractivity contribution in [3.63, 3.8) is 0 Å². The van der Waals surface area contributed by atoms with Gasteiger partial charge in [0, 0.05) is 17.3 Å². The molecule has 0 saturated carbocycles. The molecular formula is C23H22N6O7. The minimum absolute atomic E-state index is 0.0416. The predicted octanol–water partition coefficient (Wildman–Crippen LogP) is 1.93. The van der Waals surface area contributed by atoms with Crippen LogP contribution in [0.5, 0.6) is 23.3 Å². The number of ketones is 1. The van der Waals surface area contributed by atoms with E-state index in [1.807, 2.05) is 0 Å². The van der Waals surface area contributed by atoms with E-state index >= 15 is 0 Å². The van der Waals surface area contributed by atoms with Crippen molar-refractivity contribution < 1.29 is 33.3 Å². The average molecular weight is 494 g/mol. The van der Waals surface area contributed by atoms with E-state index in [0.29, 0.717) is 28.5 Å². The van der Waals surface area contributed by atoms with Crippen LogP contribution >= 0.6 is 0 Å². The van der Waals surface area contributed by atoms with Gasteiger partial charge in [-0.05, 0) is 53.7 Å². The molecule has 6 rings (SSSR count). The van der Waals surface area contributed by atoms with Crippen LogP contribution in [0.2, 0.25) is 0 Å². The molecule has 0 bridgehead atoms. The maximum atomic E-state index is 12.5. The summed E-state index contributed by atoms with van der Waals surface area (Å²) < 4.78 is 30.1. The molecule has 13 heteroatoms. The van der Waals surface area contributed by atoms with Gasteiger partial charge < -0.3 is 34.3 Å². The van der Waals surface area contributed by atoms with E-state index < -0.39 is 6.03 Å². The molecule has 186 valence electrons. The molecule has 2 aromatic carbocycles. The highest BCUT2D eigenvalue weighted by Gasteiger charge is 2.50. The summed E-state index contributed by atoms with van der Waals surface area (Å²) in [6, 6.07) is 10.9. The zero-order valence-corrected chi connectivity index (χ0v) is 19.1. The molecule has 0 aliphatic carbocycles. The van der Waals surface area contributed by atoms with Gasteiger partial charge in [-0.25, -0.2) is 4.79 Å². The first kappa shape index (κ1) is 22.2. The molecule has 3 aliphatic heterocycles. The average Bonchev–Trinajstić information content (AvgIpc) is 3.65. The molecule has 3 aliphatic rings. The minimum Gasteiger partial charge on any atom is -0.454 e. The SMILES string of the molecule is CC(=O)c1ccc(NC(=O)NC2COC3C2OCC3n2nnnc2Oc2ccc3c(c2)OCO3)cc1. The molecule has 13 nitrogen and oxygen atoms in total. The number of nitrogens with zero attached hydrogens (tertiary/aromatic N) is 4. The van der Waals surface area contributed by atoms with Crippen molar-refractivity contribution in [1.82, 2.24) is 25.5 Å². The summed E-state index contributed by atoms with van der Waals surface area (Å²) in [6.45, 7) is 2.20. The van der Waals surface area contributed by atoms with Gasteiger partial charge in [-0.3, -0.25) is 4.79 Å². The monoisotopic (exact) mass is 494 g/mol. The number of ether oxygens (including phenoxy) is 5. The van der Waals surface area contributed by atoms with Crippen LogP contribution < -0.4 is 24.8 Å². The van der Waals surface area contributed by atoms with Crippen molar-refractivity contribution in [3.8, 4) is 23.3 Å². The van der Waals surface area contributed by atoms with Crippen LogP contribution in [0.1, 0.15) is 23.3 Å². The number of carbonyl (C=O) groups excluding carboxylic acids is 2. The molecule has 2 saturated heterocycles. The Labute approximate surface area is 204 Å². The molecule has 2 fully saturated rings. The number of hydrogen-bond acceptors (Lipinski definition) is 10. The summed E-state index contributed by atoms with van der Waals surface area (Å²) in [4.78, 5) is 24.0. The Morgan fingerprint density at radius 1 is 1.03 bits per heavy atom. The number of aromatic nitrogens is 4. The van der Waals surface area contributed by atoms with Crippen molar-refractivity contribution in [2.24, 2.45) is 0 Å². The van der Waals surface area contributed by atoms with E-state index in [2.05, 4.69) is 26.2 Å². The van der Waals surface area contributed by atoms with Gasteiger partial charge in [-0.2, -0.15) is 4.68 Å². The summed E-state index contributed by atoms with van der Waals surface area (Å²) in [5.74, 6) is 1.67. The van der Waals surface area contributed by atoms with Gasteiger partial charge in [-0.15, -0.1) is 0 Å². The summed E-state index contributed by atoms with van der Waals surface area (Å²) in [5.41, 5.74) is 1.14. The van der Waals surface area contributed by atoms with E-state index in [0.717, 1.165) is 0 Å². The lowest BCUT2D eigenvalue weighted by Gasteiger charge is -2.18. The fraction of sp³-hybridized carbons (Fsp3) is 0.348. The Morgan fingerprint density at radius 3 is 2.67 bits per heavy atom. The molecule has 2 N–H and O–H groups in total. The number of tetrazole rings is 1. The number of carbonyl (C=O) groups is 2. The van der Waals surface area contributed by atoms with Crippen LogP contribution in [0.15, 0.2) is 42.5 Å². The van der Waals surface area contributed by atoms with E-state index in [9.17, 15) is 9.59 Å². The number of Topliss-reactive ketones (excluding diaryl/α,β-unsaturated/α-hetero) is 1. The van der Waals surface area contributed by atoms with Crippen molar-refractivity contribution >= 4 is 17.5 Å². The summed E-state index contributed by atoms with van der Waals surface area (Å²) in [7, 11) is 0. The van der Waals surface area contributed by atoms with Gasteiger partial charge >= 0.3 is 12.0 Å². The summed E-state index contributed by atoms with van der Waals surface area (Å²) in [5, 5.41) is 17.5. The van der Waals surface area contributed by atoms with Gasteiger partial charge in [0.05, 0.1) is 19.3 Å². The topological polar surface area (TPSA) is 148 Å². The highest BCUT2D eigenvalue weighted by atomic mass is 16.7. The second kappa shape index (κ2) is 9.09. The lowest BCUT2D eigenvalue weighted by atomic mass is 10.1. The van der Waals surface area contributed by atoms with E-state index in [1.54, 1.807) is 42.5 Å². The van der Waals surface area contributed by atoms with Crippen molar-refractivity contribution in [1.29, 1.82) is 0 Å². The number of benzene rings is 2. The zero-order chi connectivity index (χ0) is 24.6. The fourth-order valence-electron chi connectivity index (χ4n) is 4.44. The summed E-state index contributed by atoms with van der Waals surface area (Å²) in [6.07, 6.45) is -0.767. The van der Waals surface area contributed by atoms with Crippen molar-refractivity contribution in [2.45, 2.75) is 31.2 Å². The second-order valence-electron chi connectivity index (χ2n) is 8.52. The smallest absolute Gasteiger partial charge is 0.341 e. The molecule has 4 unspecified atom stereocenters. The summed E-state index contributed by atoms with van der Waals surface area (Å²) >= 11 is 0. The zero-order valence-electron chi connectivity index (χ0n) is 19.1. The molecule has 0 radical (unpaired) electrons. The molecule has 1 aromatic heterocycles. The molecule has 36 heavy (non-hydrogen) atoms. The minimum atomic E-state index is -0.402. The molecule has 2 amide bonds. The van der Waals surface area contributed by atoms with Crippen LogP contribution in [0.4, 0.5) is 10.5 Å². The lowest BCUT2D eigenvalue weighted by Crippen LogP contribution is -2.45. The number of amides is 2. The first-order valence-electron chi connectivity index (χ1n) is 11.3. The van der Waals surface area contributed by atoms with Gasteiger partial charge in [0.2, 0.25) is 6.79 Å². The van der Waals surface area contributed by atoms with E-state index in [1.165, 1.54) is 11.6 Å². The molecular weight excluding hydrogens is 472 g/mol. The second-order valence-corrected chi connectivity index (χ2v) is 8.52. The first-order chi connectivity index (χ1) is 17.5. The van der Waals surface area contributed by atoms with E-state index in [4.69, 9.17) is 23.7 Å². The maximum absolute atomic E-state index is 12.5. The Bertz CT molecular complexity index is 1300. The quantitative estimate of drug-likeness (QED) is 0.487. The number of rotatable bonds is 6. The third-order valence-electron chi connectivity index (χ3n) is 6.22. The number of nitrogens with one attached hydrogen (secondary N) is 2. The van der Waals surface area contributed by atoms with E-state index in [-0.39, 0.29) is 56.1 Å². The highest BCUT2D eigenvalue weighted by Crippen LogP contribution is 2.38. The Hall–Kier alpha value is -4.23. The fourth-order valence-corrected chi connectivity index (χ4v) is 4.44. The van der Waals surface area contributed by atoms with Gasteiger partial charge in [0.15, 0.2) is 17.3 Å². The lowest BCUT2D eigenvalue weighted by molar-refractivity contribution is 0.0613. The van der Waals surface area contributed by atoms with Crippen LogP contribution in [0.25, 0.3) is 0 Å². The van der Waals surface area contributed by atoms with Gasteiger partial charge in [0.25, 0.3) is 0 Å². The van der Waals surface area contributed by atoms with Gasteiger partial charge in [-0.1, -0.05) is 5.10 Å². The Balaban J connectivity index is 1.09. The standard InChI is InChI=1S/C23H22N6O7/c1-12(30)13-2-4-14(5-3-13)24-22(31)25-16-9-32-21-17(10-33-20(16)21)29-23(26-27-28-29)36-15-6-7-18-19(8-15)35-11-34-18/h2-8,16-17,20-21H,9-11H2,1H3,(H2,24,25,31). The number of hydrogen-bond donors (Lipinski definition) is 2. The van der Waals surface area contributed by atoms with Crippen molar-refractivity contribution in [2.75, 3.05) is 25.3 Å². The van der Waals surface area contributed by atoms with Crippen LogP contribution in [0.3, 0.4) is 0 Å². The molecule has 4 atom stereocenters. The Kier molecular flexibility index (Phi) is 5.62. The van der Waals surface area contributed by atoms with Crippen LogP contribution in [0, 0.1) is 0 Å². The van der Waals surface area contributed by atoms with Crippen molar-refractivity contribution in [3.05, 3.63) is 48.0 Å². The predicted molar refractivity (Wildman–Crippen MR) is 121 cm³/mol. The number of anilines is 1. The number of fused-ring (bicyclic) bond motifs is 2. The molecule has 3 aromatic rings. The van der Waals surface area contributed by atoms with Crippen LogP contribution in [-0.2, 0) is 9.47 Å². The maximum Gasteiger partial charge on any atom is 0.341 e. The third-order valence-corrected chi connectivity index (χ3v) is 6.22. The molecule has 4 heterocycles. The van der Waals surface area contributed by atoms with Crippen LogP contribution in [-0.4, -0.2) is 70.3 Å². The Morgan fingerprint density at radius 2 is 1.83 bits per heavy atom. The van der Waals surface area contributed by atoms with Gasteiger partial charge in [0.1, 0.15) is 24.0 Å². The highest BCUT2D eigenvalue weighted by molar-refractivity contribution is 5.95. The normalized spacial score (nSPS) is 23.8.